The molecule has 1 aromatic heterocycles. The summed E-state index contributed by atoms with van der Waals surface area (Å²) in [7, 11) is 0. The van der Waals surface area contributed by atoms with Crippen LogP contribution in [0.25, 0.3) is 0 Å². The molecule has 0 spiro atoms. The van der Waals surface area contributed by atoms with Gasteiger partial charge < -0.3 is 0 Å². The number of halogens is 2. The molecule has 0 unspecified atom stereocenters. The lowest BCUT2D eigenvalue weighted by molar-refractivity contribution is 0.102. The fourth-order valence-corrected chi connectivity index (χ4v) is 3.77. The molecule has 0 saturated heterocycles. The van der Waals surface area contributed by atoms with E-state index in [0.717, 1.165) is 16.0 Å². The van der Waals surface area contributed by atoms with Crippen LogP contribution < -0.4 is 5.32 Å². The number of aryl methyl sites for hydroxylation is 1. The van der Waals surface area contributed by atoms with Crippen molar-refractivity contribution in [3.63, 3.8) is 0 Å². The lowest BCUT2D eigenvalue weighted by Crippen LogP contribution is -2.12. The van der Waals surface area contributed by atoms with E-state index in [0.29, 0.717) is 27.2 Å². The molecule has 1 heterocycles. The number of benzene rings is 2. The summed E-state index contributed by atoms with van der Waals surface area (Å²) in [6.45, 7) is 1.91. The number of aromatic nitrogens is 1. The molecule has 1 amide bonds. The summed E-state index contributed by atoms with van der Waals surface area (Å²) in [4.78, 5) is 17.6. The van der Waals surface area contributed by atoms with E-state index in [9.17, 15) is 4.79 Å². The summed E-state index contributed by atoms with van der Waals surface area (Å²) in [6.07, 6.45) is 2.42. The van der Waals surface area contributed by atoms with Gasteiger partial charge in [-0.25, -0.2) is 4.98 Å². The van der Waals surface area contributed by atoms with Crippen LogP contribution >= 0.6 is 34.5 Å². The number of hydrogen-bond donors (Lipinski definition) is 1. The zero-order valence-electron chi connectivity index (χ0n) is 12.8. The second-order valence-corrected chi connectivity index (χ2v) is 7.34. The Morgan fingerprint density at radius 2 is 1.88 bits per heavy atom. The predicted molar refractivity (Wildman–Crippen MR) is 101 cm³/mol. The van der Waals surface area contributed by atoms with Gasteiger partial charge in [0.1, 0.15) is 0 Å². The monoisotopic (exact) mass is 376 g/mol. The van der Waals surface area contributed by atoms with E-state index in [1.54, 1.807) is 18.3 Å². The van der Waals surface area contributed by atoms with Crippen LogP contribution in [0.4, 0.5) is 5.13 Å². The van der Waals surface area contributed by atoms with Gasteiger partial charge in [-0.05, 0) is 42.3 Å². The first-order chi connectivity index (χ1) is 11.5. The highest BCUT2D eigenvalue weighted by molar-refractivity contribution is 7.15. The third-order valence-corrected chi connectivity index (χ3v) is 4.81. The minimum absolute atomic E-state index is 0.153. The summed E-state index contributed by atoms with van der Waals surface area (Å²) in [5.41, 5.74) is 2.59. The van der Waals surface area contributed by atoms with Gasteiger partial charge >= 0.3 is 0 Å². The molecule has 2 aromatic carbocycles. The average molecular weight is 377 g/mol. The topological polar surface area (TPSA) is 42.0 Å². The molecule has 0 saturated carbocycles. The van der Waals surface area contributed by atoms with Crippen molar-refractivity contribution in [3.05, 3.63) is 80.3 Å². The van der Waals surface area contributed by atoms with Crippen molar-refractivity contribution in [1.82, 2.24) is 4.98 Å². The van der Waals surface area contributed by atoms with Crippen molar-refractivity contribution in [2.75, 3.05) is 5.32 Å². The van der Waals surface area contributed by atoms with Crippen LogP contribution in [0.5, 0.6) is 0 Å². The minimum Gasteiger partial charge on any atom is -0.298 e. The third-order valence-electron chi connectivity index (χ3n) is 3.46. The second kappa shape index (κ2) is 7.34. The molecule has 3 aromatic rings. The molecule has 0 aliphatic rings. The van der Waals surface area contributed by atoms with Crippen LogP contribution in [-0.2, 0) is 6.42 Å². The Hall–Kier alpha value is -1.88. The largest absolute Gasteiger partial charge is 0.298 e. The first-order valence-electron chi connectivity index (χ1n) is 7.28. The molecule has 122 valence electrons. The van der Waals surface area contributed by atoms with E-state index in [1.165, 1.54) is 11.3 Å². The molecular weight excluding hydrogens is 363 g/mol. The highest BCUT2D eigenvalue weighted by atomic mass is 35.5. The van der Waals surface area contributed by atoms with E-state index in [-0.39, 0.29) is 5.91 Å². The van der Waals surface area contributed by atoms with Gasteiger partial charge in [-0.2, -0.15) is 0 Å². The Morgan fingerprint density at radius 1 is 1.17 bits per heavy atom. The Bertz CT molecular complexity index is 872. The second-order valence-electron chi connectivity index (χ2n) is 5.36. The Kier molecular flexibility index (Phi) is 5.19. The van der Waals surface area contributed by atoms with Gasteiger partial charge in [0.2, 0.25) is 0 Å². The predicted octanol–water partition coefficient (Wildman–Crippen LogP) is 5.60. The Morgan fingerprint density at radius 3 is 2.58 bits per heavy atom. The maximum Gasteiger partial charge on any atom is 0.257 e. The van der Waals surface area contributed by atoms with Crippen LogP contribution in [-0.4, -0.2) is 10.9 Å². The smallest absolute Gasteiger partial charge is 0.257 e. The van der Waals surface area contributed by atoms with Gasteiger partial charge in [-0.15, -0.1) is 11.3 Å². The summed E-state index contributed by atoms with van der Waals surface area (Å²) in [6, 6.07) is 12.9. The number of nitrogens with zero attached hydrogens (tertiary/aromatic N) is 1. The number of rotatable bonds is 4. The van der Waals surface area contributed by atoms with Crippen molar-refractivity contribution >= 4 is 45.6 Å². The average Bonchev–Trinajstić information content (AvgIpc) is 2.93. The molecule has 0 aliphatic carbocycles. The van der Waals surface area contributed by atoms with Gasteiger partial charge in [0.05, 0.1) is 0 Å². The van der Waals surface area contributed by atoms with Gasteiger partial charge in [0, 0.05) is 33.1 Å². The number of nitrogens with one attached hydrogen (secondary N) is 1. The van der Waals surface area contributed by atoms with Crippen molar-refractivity contribution in [2.24, 2.45) is 0 Å². The lowest BCUT2D eigenvalue weighted by Gasteiger charge is -2.04. The van der Waals surface area contributed by atoms with Crippen LogP contribution in [0.3, 0.4) is 0 Å². The van der Waals surface area contributed by atoms with Crippen LogP contribution in [0.15, 0.2) is 48.7 Å². The lowest BCUT2D eigenvalue weighted by atomic mass is 10.1. The molecule has 3 rings (SSSR count). The van der Waals surface area contributed by atoms with E-state index in [2.05, 4.69) is 10.3 Å². The summed E-state index contributed by atoms with van der Waals surface area (Å²) >= 11 is 13.5. The molecule has 0 radical (unpaired) electrons. The highest BCUT2D eigenvalue weighted by Crippen LogP contribution is 2.25. The van der Waals surface area contributed by atoms with Crippen molar-refractivity contribution < 1.29 is 4.79 Å². The first-order valence-corrected chi connectivity index (χ1v) is 8.85. The standard InChI is InChI=1S/C18H14Cl2N2OS/c1-11-4-2-3-5-16(11)17(23)22-18-21-10-15(24-18)8-12-6-13(19)9-14(20)7-12/h2-7,9-10H,8H2,1H3,(H,21,22,23). The summed E-state index contributed by atoms with van der Waals surface area (Å²) in [5, 5.41) is 4.63. The molecule has 24 heavy (non-hydrogen) atoms. The molecule has 0 atom stereocenters. The first kappa shape index (κ1) is 17.0. The number of anilines is 1. The maximum absolute atomic E-state index is 12.3. The van der Waals surface area contributed by atoms with Crippen LogP contribution in [0.1, 0.15) is 26.4 Å². The fourth-order valence-electron chi connectivity index (χ4n) is 2.35. The summed E-state index contributed by atoms with van der Waals surface area (Å²) < 4.78 is 0. The molecule has 6 heteroatoms. The van der Waals surface area contributed by atoms with E-state index in [1.807, 2.05) is 37.3 Å². The number of amides is 1. The van der Waals surface area contributed by atoms with Crippen molar-refractivity contribution in [2.45, 2.75) is 13.3 Å². The van der Waals surface area contributed by atoms with Crippen molar-refractivity contribution in [1.29, 1.82) is 0 Å². The van der Waals surface area contributed by atoms with Gasteiger partial charge in [0.15, 0.2) is 5.13 Å². The number of carbonyl (C=O) groups is 1. The fraction of sp³-hybridized carbons (Fsp3) is 0.111. The molecule has 1 N–H and O–H groups in total. The Balaban J connectivity index is 1.71. The van der Waals surface area contributed by atoms with Crippen molar-refractivity contribution in [3.8, 4) is 0 Å². The SMILES string of the molecule is Cc1ccccc1C(=O)Nc1ncc(Cc2cc(Cl)cc(Cl)c2)s1. The third kappa shape index (κ3) is 4.15. The van der Waals surface area contributed by atoms with E-state index < -0.39 is 0 Å². The number of carbonyl (C=O) groups excluding carboxylic acids is 1. The van der Waals surface area contributed by atoms with Gasteiger partial charge in [-0.3, -0.25) is 10.1 Å². The maximum atomic E-state index is 12.3. The summed E-state index contributed by atoms with van der Waals surface area (Å²) in [5.74, 6) is -0.153. The zero-order chi connectivity index (χ0) is 17.1. The molecule has 0 bridgehead atoms. The van der Waals surface area contributed by atoms with Gasteiger partial charge in [0.25, 0.3) is 5.91 Å². The zero-order valence-corrected chi connectivity index (χ0v) is 15.2. The molecular formula is C18H14Cl2N2OS. The normalized spacial score (nSPS) is 10.6. The highest BCUT2D eigenvalue weighted by Gasteiger charge is 2.11. The van der Waals surface area contributed by atoms with E-state index in [4.69, 9.17) is 23.2 Å². The number of thiazole rings is 1. The molecule has 0 fully saturated rings. The molecule has 3 nitrogen and oxygen atoms in total. The van der Waals surface area contributed by atoms with Crippen LogP contribution in [0, 0.1) is 6.92 Å². The minimum atomic E-state index is -0.153. The van der Waals surface area contributed by atoms with Gasteiger partial charge in [-0.1, -0.05) is 41.4 Å². The quantitative estimate of drug-likeness (QED) is 0.643. The van der Waals surface area contributed by atoms with Crippen LogP contribution in [0.2, 0.25) is 10.0 Å². The Labute approximate surface area is 154 Å². The molecule has 0 aliphatic heterocycles. The van der Waals surface area contributed by atoms with E-state index >= 15 is 0 Å². The number of hydrogen-bond acceptors (Lipinski definition) is 3.